The first-order valence-electron chi connectivity index (χ1n) is 14.8. The maximum atomic E-state index is 13.5. The lowest BCUT2D eigenvalue weighted by Crippen LogP contribution is -2.28. The number of esters is 3. The van der Waals surface area contributed by atoms with Crippen LogP contribution < -0.4 is 0 Å². The highest BCUT2D eigenvalue weighted by molar-refractivity contribution is 6.27. The zero-order valence-electron chi connectivity index (χ0n) is 26.2. The molecule has 0 fully saturated rings. The van der Waals surface area contributed by atoms with Crippen molar-refractivity contribution in [3.8, 4) is 0 Å². The number of aromatic amines is 2. The number of ether oxygens (including phenoxy) is 2. The smallest absolute Gasteiger partial charge is 0.349 e. The van der Waals surface area contributed by atoms with Crippen molar-refractivity contribution < 1.29 is 33.8 Å². The van der Waals surface area contributed by atoms with Crippen LogP contribution in [0.1, 0.15) is 120 Å². The number of H-pyrrole nitrogens is 2. The summed E-state index contributed by atoms with van der Waals surface area (Å²) < 4.78 is 10.1. The molecule has 4 aliphatic heterocycles. The highest BCUT2D eigenvalue weighted by Gasteiger charge is 2.45. The zero-order chi connectivity index (χ0) is 32.5. The largest absolute Gasteiger partial charge is 0.469 e. The fraction of sp³-hybridized carbons (Fsp3) is 0.353. The van der Waals surface area contributed by atoms with Crippen LogP contribution in [0.15, 0.2) is 18.2 Å². The molecule has 0 saturated heterocycles. The number of nitrogens with one attached hydrogen (secondary N) is 2. The number of aliphatic hydroxyl groups is 1. The normalized spacial score (nSPS) is 20.0. The van der Waals surface area contributed by atoms with Crippen molar-refractivity contribution in [3.05, 3.63) is 69.1 Å². The molecule has 0 radical (unpaired) electrons. The minimum Gasteiger partial charge on any atom is -0.469 e. The van der Waals surface area contributed by atoms with E-state index in [9.17, 15) is 24.3 Å². The predicted octanol–water partition coefficient (Wildman–Crippen LogP) is 5.46. The monoisotopic (exact) mass is 610 g/mol. The second-order valence-corrected chi connectivity index (χ2v) is 11.9. The van der Waals surface area contributed by atoms with Crippen LogP contribution in [0.3, 0.4) is 0 Å². The molecule has 3 N–H and O–H groups in total. The Balaban J connectivity index is 1.81. The van der Waals surface area contributed by atoms with Crippen LogP contribution in [0.4, 0.5) is 0 Å². The number of allylic oxidation sites excluding steroid dienone is 4. The molecule has 0 aromatic carbocycles. The zero-order valence-corrected chi connectivity index (χ0v) is 26.2. The molecule has 232 valence electrons. The SMILES string of the molecule is CCC1=C(C)c2cc3nc(cc4[nH]c(c5c6[nH]c(cc1n2)c(C)c6C(=O)OC5=O)[C@@H](CCC(=O)OC)[C@@]4(C)O)C(C)=C3C(C)=O. The third kappa shape index (κ3) is 4.61. The number of nitrogens with zero attached hydrogens (tertiary/aromatic N) is 2. The van der Waals surface area contributed by atoms with E-state index in [0.717, 1.165) is 11.1 Å². The van der Waals surface area contributed by atoms with E-state index in [4.69, 9.17) is 19.4 Å². The summed E-state index contributed by atoms with van der Waals surface area (Å²) in [5.74, 6) is -3.12. The molecule has 2 aromatic rings. The van der Waals surface area contributed by atoms with Gasteiger partial charge in [-0.3, -0.25) is 9.59 Å². The third-order valence-electron chi connectivity index (χ3n) is 9.29. The maximum Gasteiger partial charge on any atom is 0.349 e. The molecular formula is C34H34N4O7. The van der Waals surface area contributed by atoms with E-state index in [-0.39, 0.29) is 41.0 Å². The second-order valence-electron chi connectivity index (χ2n) is 11.9. The average molecular weight is 611 g/mol. The van der Waals surface area contributed by atoms with Gasteiger partial charge in [-0.05, 0) is 87.9 Å². The number of Topliss-reactive ketones (excluding diaryl/α,β-unsaturated/α-hetero) is 1. The molecule has 45 heavy (non-hydrogen) atoms. The number of ketones is 1. The molecule has 0 spiro atoms. The Labute approximate surface area is 259 Å². The summed E-state index contributed by atoms with van der Waals surface area (Å²) in [5.41, 5.74) is 5.84. The summed E-state index contributed by atoms with van der Waals surface area (Å²) in [5, 5.41) is 12.0. The fourth-order valence-electron chi connectivity index (χ4n) is 6.79. The molecule has 0 amide bonds. The number of hydrogen-bond donors (Lipinski definition) is 3. The lowest BCUT2D eigenvalue weighted by atomic mass is 9.81. The summed E-state index contributed by atoms with van der Waals surface area (Å²) in [6.45, 7) is 10.6. The van der Waals surface area contributed by atoms with Crippen molar-refractivity contribution in [2.24, 2.45) is 0 Å². The molecule has 0 saturated carbocycles. The number of carbonyl (C=O) groups is 4. The minimum atomic E-state index is -1.62. The van der Waals surface area contributed by atoms with E-state index in [1.807, 2.05) is 19.9 Å². The van der Waals surface area contributed by atoms with Gasteiger partial charge in [0, 0.05) is 34.8 Å². The van der Waals surface area contributed by atoms with Gasteiger partial charge in [-0.1, -0.05) is 6.92 Å². The molecule has 11 nitrogen and oxygen atoms in total. The quantitative estimate of drug-likeness (QED) is 0.294. The molecule has 6 rings (SSSR count). The lowest BCUT2D eigenvalue weighted by Gasteiger charge is -2.27. The van der Waals surface area contributed by atoms with E-state index >= 15 is 0 Å². The minimum absolute atomic E-state index is 0.0438. The summed E-state index contributed by atoms with van der Waals surface area (Å²) in [7, 11) is 1.28. The molecule has 6 heterocycles. The number of methoxy groups -OCH3 is 1. The van der Waals surface area contributed by atoms with Crippen LogP contribution in [0.5, 0.6) is 0 Å². The van der Waals surface area contributed by atoms with E-state index < -0.39 is 29.4 Å². The topological polar surface area (TPSA) is 164 Å². The average Bonchev–Trinajstić information content (AvgIpc) is 3.63. The lowest BCUT2D eigenvalue weighted by molar-refractivity contribution is -0.141. The van der Waals surface area contributed by atoms with E-state index in [1.54, 1.807) is 32.9 Å². The summed E-state index contributed by atoms with van der Waals surface area (Å²) in [6, 6.07) is 5.29. The Kier molecular flexibility index (Phi) is 7.11. The molecule has 11 heteroatoms. The number of rotatable bonds is 5. The Hall–Kier alpha value is -4.90. The van der Waals surface area contributed by atoms with Crippen LogP contribution >= 0.6 is 0 Å². The molecule has 8 bridgehead atoms. The molecule has 2 aromatic heterocycles. The maximum absolute atomic E-state index is 13.5. The Bertz CT molecular complexity index is 2010. The first-order chi connectivity index (χ1) is 21.3. The van der Waals surface area contributed by atoms with Gasteiger partial charge in [-0.15, -0.1) is 0 Å². The van der Waals surface area contributed by atoms with E-state index in [2.05, 4.69) is 9.97 Å². The Morgan fingerprint density at radius 1 is 0.978 bits per heavy atom. The van der Waals surface area contributed by atoms with Crippen molar-refractivity contribution in [2.45, 2.75) is 72.3 Å². The summed E-state index contributed by atoms with van der Waals surface area (Å²) in [4.78, 5) is 68.0. The van der Waals surface area contributed by atoms with Gasteiger partial charge in [-0.25, -0.2) is 19.6 Å². The van der Waals surface area contributed by atoms with Crippen molar-refractivity contribution in [2.75, 3.05) is 7.11 Å². The van der Waals surface area contributed by atoms with Gasteiger partial charge in [-0.2, -0.15) is 0 Å². The summed E-state index contributed by atoms with van der Waals surface area (Å²) >= 11 is 0. The molecular weight excluding hydrogens is 576 g/mol. The number of aryl methyl sites for hydroxylation is 1. The first kappa shape index (κ1) is 30.1. The number of cyclic esters (lactones) is 2. The van der Waals surface area contributed by atoms with Crippen molar-refractivity contribution in [3.63, 3.8) is 0 Å². The van der Waals surface area contributed by atoms with Crippen molar-refractivity contribution in [1.29, 1.82) is 0 Å². The number of carbonyl (C=O) groups excluding carboxylic acids is 4. The molecule has 2 atom stereocenters. The van der Waals surface area contributed by atoms with Crippen LogP contribution in [0.25, 0.3) is 33.3 Å². The Morgan fingerprint density at radius 3 is 2.31 bits per heavy atom. The highest BCUT2D eigenvalue weighted by Crippen LogP contribution is 2.46. The third-order valence-corrected chi connectivity index (χ3v) is 9.29. The number of aromatic nitrogens is 4. The van der Waals surface area contributed by atoms with Crippen LogP contribution in [-0.4, -0.2) is 55.8 Å². The van der Waals surface area contributed by atoms with E-state index in [0.29, 0.717) is 57.1 Å². The van der Waals surface area contributed by atoms with Gasteiger partial charge in [0.05, 0.1) is 41.0 Å². The fourth-order valence-corrected chi connectivity index (χ4v) is 6.79. The molecule has 0 aliphatic carbocycles. The van der Waals surface area contributed by atoms with Gasteiger partial charge in [0.2, 0.25) is 0 Å². The van der Waals surface area contributed by atoms with Gasteiger partial charge >= 0.3 is 17.9 Å². The molecule has 0 unspecified atom stereocenters. The van der Waals surface area contributed by atoms with Crippen LogP contribution in [0.2, 0.25) is 0 Å². The highest BCUT2D eigenvalue weighted by atomic mass is 16.6. The Morgan fingerprint density at radius 2 is 1.64 bits per heavy atom. The standard InChI is InChI=1S/C34H34N4O7/c1-8-18-14(2)20-12-24-27(17(5)39)15(3)22(36-24)13-25-34(6,43)19(9-10-26(40)44-7)30(38-25)29-31-28(32(41)45-33(29)42)16(4)21(37-31)11-23(18)35-20/h11-13,19,37-38,43H,8-10H2,1-7H3/t19-,34-/m1/s1. The van der Waals surface area contributed by atoms with Gasteiger partial charge in [0.15, 0.2) is 5.78 Å². The van der Waals surface area contributed by atoms with Crippen LogP contribution in [0, 0.1) is 6.92 Å². The number of hydrogen-bond acceptors (Lipinski definition) is 9. The first-order valence-corrected chi connectivity index (χ1v) is 14.8. The van der Waals surface area contributed by atoms with Gasteiger partial charge < -0.3 is 24.5 Å². The second kappa shape index (κ2) is 10.6. The van der Waals surface area contributed by atoms with Gasteiger partial charge in [0.25, 0.3) is 0 Å². The van der Waals surface area contributed by atoms with E-state index in [1.165, 1.54) is 14.0 Å². The predicted molar refractivity (Wildman–Crippen MR) is 166 cm³/mol. The van der Waals surface area contributed by atoms with Gasteiger partial charge in [0.1, 0.15) is 11.2 Å². The molecule has 4 aliphatic rings. The van der Waals surface area contributed by atoms with Crippen LogP contribution in [-0.2, 0) is 24.7 Å². The van der Waals surface area contributed by atoms with Crippen molar-refractivity contribution in [1.82, 2.24) is 19.9 Å². The summed E-state index contributed by atoms with van der Waals surface area (Å²) in [6.07, 6.45) is 0.749. The number of fused-ring (bicyclic) bond motifs is 8. The van der Waals surface area contributed by atoms with Crippen molar-refractivity contribution >= 4 is 57.0 Å².